The fourth-order valence-electron chi connectivity index (χ4n) is 1.89. The number of hydrogen-bond donors (Lipinski definition) is 1. The fraction of sp³-hybridized carbons (Fsp3) is 0.727. The first kappa shape index (κ1) is 12.0. The Morgan fingerprint density at radius 1 is 1.54 bits per heavy atom. The first-order valence-electron chi connectivity index (χ1n) is 4.49. The molecule has 0 radical (unpaired) electrons. The highest BCUT2D eigenvalue weighted by atomic mass is 16.4. The van der Waals surface area contributed by atoms with Crippen molar-refractivity contribution in [3.8, 4) is 12.3 Å². The second-order valence-corrected chi connectivity index (χ2v) is 4.43. The molecule has 0 bridgehead atoms. The second-order valence-electron chi connectivity index (χ2n) is 4.43. The molecular formula is C11H18O2. The van der Waals surface area contributed by atoms with Gasteiger partial charge in [0.2, 0.25) is 0 Å². The lowest BCUT2D eigenvalue weighted by Crippen LogP contribution is -2.34. The molecule has 13 heavy (non-hydrogen) atoms. The Labute approximate surface area is 80.3 Å². The molecule has 0 aromatic heterocycles. The van der Waals surface area contributed by atoms with E-state index < -0.39 is 5.97 Å². The van der Waals surface area contributed by atoms with Gasteiger partial charge in [-0.25, -0.2) is 0 Å². The molecule has 0 fully saturated rings. The van der Waals surface area contributed by atoms with E-state index >= 15 is 0 Å². The first-order valence-corrected chi connectivity index (χ1v) is 4.49. The zero-order valence-electron chi connectivity index (χ0n) is 8.79. The lowest BCUT2D eigenvalue weighted by atomic mass is 9.71. The van der Waals surface area contributed by atoms with E-state index in [0.717, 1.165) is 0 Å². The third-order valence-electron chi connectivity index (χ3n) is 2.33. The number of carbonyl (C=O) groups is 1. The summed E-state index contributed by atoms with van der Waals surface area (Å²) in [6.07, 6.45) is 5.71. The van der Waals surface area contributed by atoms with Crippen molar-refractivity contribution < 1.29 is 9.90 Å². The molecule has 0 spiro atoms. The smallest absolute Gasteiger partial charge is 0.307 e. The van der Waals surface area contributed by atoms with Crippen molar-refractivity contribution in [3.05, 3.63) is 0 Å². The largest absolute Gasteiger partial charge is 0.481 e. The molecular weight excluding hydrogens is 164 g/mol. The monoisotopic (exact) mass is 182 g/mol. The average molecular weight is 182 g/mol. The fourth-order valence-corrected chi connectivity index (χ4v) is 1.89. The molecule has 2 nitrogen and oxygen atoms in total. The summed E-state index contributed by atoms with van der Waals surface area (Å²) in [7, 11) is 0. The van der Waals surface area contributed by atoms with Crippen molar-refractivity contribution in [2.24, 2.45) is 17.3 Å². The zero-order valence-corrected chi connectivity index (χ0v) is 8.79. The molecule has 0 aromatic rings. The van der Waals surface area contributed by atoms with Crippen LogP contribution in [0.4, 0.5) is 0 Å². The maximum atomic E-state index is 11.0. The molecule has 0 aliphatic heterocycles. The second kappa shape index (κ2) is 4.32. The Hall–Kier alpha value is -0.970. The summed E-state index contributed by atoms with van der Waals surface area (Å²) >= 11 is 0. The van der Waals surface area contributed by atoms with Gasteiger partial charge in [-0.1, -0.05) is 27.7 Å². The molecule has 0 heterocycles. The maximum Gasteiger partial charge on any atom is 0.307 e. The number of carboxylic acids is 1. The minimum Gasteiger partial charge on any atom is -0.481 e. The van der Waals surface area contributed by atoms with Gasteiger partial charge >= 0.3 is 5.97 Å². The van der Waals surface area contributed by atoms with Crippen LogP contribution < -0.4 is 0 Å². The molecule has 2 heteroatoms. The number of aliphatic carboxylic acids is 1. The highest BCUT2D eigenvalue weighted by molar-refractivity contribution is 5.71. The van der Waals surface area contributed by atoms with Gasteiger partial charge in [-0.05, 0) is 11.3 Å². The van der Waals surface area contributed by atoms with E-state index in [4.69, 9.17) is 11.5 Å². The number of carboxylic acid groups (broad SMARTS) is 1. The molecule has 0 saturated heterocycles. The molecule has 74 valence electrons. The van der Waals surface area contributed by atoms with Crippen molar-refractivity contribution in [3.63, 3.8) is 0 Å². The molecule has 0 aliphatic rings. The Morgan fingerprint density at radius 3 is 2.23 bits per heavy atom. The highest BCUT2D eigenvalue weighted by Gasteiger charge is 2.36. The van der Waals surface area contributed by atoms with Crippen molar-refractivity contribution >= 4 is 5.97 Å². The molecule has 0 aliphatic carbocycles. The van der Waals surface area contributed by atoms with Crippen LogP contribution in [0.2, 0.25) is 0 Å². The van der Waals surface area contributed by atoms with E-state index in [1.807, 2.05) is 27.7 Å². The normalized spacial score (nSPS) is 13.8. The summed E-state index contributed by atoms with van der Waals surface area (Å²) in [5.41, 5.74) is -0.325. The van der Waals surface area contributed by atoms with Crippen molar-refractivity contribution in [2.45, 2.75) is 34.1 Å². The van der Waals surface area contributed by atoms with Gasteiger partial charge in [-0.2, -0.15) is 0 Å². The van der Waals surface area contributed by atoms with E-state index in [9.17, 15) is 4.79 Å². The van der Waals surface area contributed by atoms with Crippen molar-refractivity contribution in [2.75, 3.05) is 0 Å². The van der Waals surface area contributed by atoms with Crippen LogP contribution in [0.15, 0.2) is 0 Å². The Morgan fingerprint density at radius 2 is 2.00 bits per heavy atom. The predicted octanol–water partition coefficient (Wildman–Crippen LogP) is 2.39. The molecule has 1 unspecified atom stereocenters. The minimum atomic E-state index is -0.754. The summed E-state index contributed by atoms with van der Waals surface area (Å²) in [4.78, 5) is 11.0. The number of hydrogen-bond acceptors (Lipinski definition) is 1. The summed E-state index contributed by atoms with van der Waals surface area (Å²) in [6.45, 7) is 7.64. The molecule has 1 atom stereocenters. The third-order valence-corrected chi connectivity index (χ3v) is 2.33. The topological polar surface area (TPSA) is 37.3 Å². The Bertz CT molecular complexity index is 221. The summed E-state index contributed by atoms with van der Waals surface area (Å²) in [6, 6.07) is 0. The van der Waals surface area contributed by atoms with E-state index in [2.05, 4.69) is 5.92 Å². The van der Waals surface area contributed by atoms with Gasteiger partial charge in [-0.15, -0.1) is 12.3 Å². The Balaban J connectivity index is 4.74. The van der Waals surface area contributed by atoms with E-state index in [0.29, 0.717) is 6.42 Å². The van der Waals surface area contributed by atoms with Gasteiger partial charge in [0, 0.05) is 6.42 Å². The average Bonchev–Trinajstić information content (AvgIpc) is 1.82. The van der Waals surface area contributed by atoms with Crippen molar-refractivity contribution in [1.82, 2.24) is 0 Å². The van der Waals surface area contributed by atoms with Crippen LogP contribution in [-0.4, -0.2) is 11.1 Å². The molecule has 0 rings (SSSR count). The van der Waals surface area contributed by atoms with Gasteiger partial charge in [0.05, 0.1) is 5.92 Å². The van der Waals surface area contributed by atoms with Crippen molar-refractivity contribution in [1.29, 1.82) is 0 Å². The molecule has 1 N–H and O–H groups in total. The summed E-state index contributed by atoms with van der Waals surface area (Å²) < 4.78 is 0. The number of terminal acetylenes is 1. The Kier molecular flexibility index (Phi) is 4.00. The van der Waals surface area contributed by atoms with Crippen LogP contribution in [0, 0.1) is 29.6 Å². The quantitative estimate of drug-likeness (QED) is 0.678. The van der Waals surface area contributed by atoms with Crippen LogP contribution in [0.1, 0.15) is 34.1 Å². The van der Waals surface area contributed by atoms with Crippen LogP contribution in [-0.2, 0) is 4.79 Å². The van der Waals surface area contributed by atoms with E-state index in [1.165, 1.54) is 0 Å². The highest BCUT2D eigenvalue weighted by Crippen LogP contribution is 2.35. The summed E-state index contributed by atoms with van der Waals surface area (Å²) in [5, 5.41) is 9.04. The van der Waals surface area contributed by atoms with Gasteiger partial charge in [0.1, 0.15) is 0 Å². The van der Waals surface area contributed by atoms with Gasteiger partial charge in [-0.3, -0.25) is 4.79 Å². The van der Waals surface area contributed by atoms with Gasteiger partial charge in [0.25, 0.3) is 0 Å². The summed E-state index contributed by atoms with van der Waals surface area (Å²) in [5.74, 6) is 1.52. The van der Waals surface area contributed by atoms with Crippen LogP contribution in [0.25, 0.3) is 0 Å². The minimum absolute atomic E-state index is 0.112. The van der Waals surface area contributed by atoms with Crippen LogP contribution in [0.3, 0.4) is 0 Å². The van der Waals surface area contributed by atoms with Gasteiger partial charge < -0.3 is 5.11 Å². The van der Waals surface area contributed by atoms with Gasteiger partial charge in [0.15, 0.2) is 0 Å². The maximum absolute atomic E-state index is 11.0. The van der Waals surface area contributed by atoms with E-state index in [1.54, 1.807) is 0 Å². The molecule has 0 aromatic carbocycles. The van der Waals surface area contributed by atoms with Crippen LogP contribution >= 0.6 is 0 Å². The predicted molar refractivity (Wildman–Crippen MR) is 53.2 cm³/mol. The van der Waals surface area contributed by atoms with E-state index in [-0.39, 0.29) is 17.3 Å². The standard InChI is InChI=1S/C11H18O2/c1-6-7-11(4,5)9(8(2)3)10(12)13/h1,8-9H,7H2,2-5H3,(H,12,13). The van der Waals surface area contributed by atoms with Crippen LogP contribution in [0.5, 0.6) is 0 Å². The number of rotatable bonds is 4. The first-order chi connectivity index (χ1) is 5.83. The zero-order chi connectivity index (χ0) is 10.6. The SMILES string of the molecule is C#CCC(C)(C)C(C(=O)O)C(C)C. The molecule has 0 amide bonds. The lowest BCUT2D eigenvalue weighted by Gasteiger charge is -2.32. The third kappa shape index (κ3) is 3.10. The lowest BCUT2D eigenvalue weighted by molar-refractivity contribution is -0.148. The molecule has 0 saturated carbocycles.